The molecule has 9 heteroatoms. The lowest BCUT2D eigenvalue weighted by molar-refractivity contribution is -0.384. The normalized spacial score (nSPS) is 15.3. The number of piperazine rings is 1. The molecule has 3 aromatic carbocycles. The Balaban J connectivity index is 1.39. The van der Waals surface area contributed by atoms with Crippen LogP contribution >= 0.6 is 11.6 Å². The Bertz CT molecular complexity index is 1270. The smallest absolute Gasteiger partial charge is 0.269 e. The van der Waals surface area contributed by atoms with Crippen molar-refractivity contribution in [1.82, 2.24) is 15.1 Å². The van der Waals surface area contributed by atoms with Gasteiger partial charge < -0.3 is 9.32 Å². The average molecular weight is 476 g/mol. The van der Waals surface area contributed by atoms with Gasteiger partial charge in [0, 0.05) is 54.6 Å². The van der Waals surface area contributed by atoms with Crippen molar-refractivity contribution in [1.29, 1.82) is 0 Å². The third-order valence-electron chi connectivity index (χ3n) is 6.00. The first-order valence-corrected chi connectivity index (χ1v) is 11.3. The van der Waals surface area contributed by atoms with E-state index >= 15 is 0 Å². The lowest BCUT2D eigenvalue weighted by atomic mass is 10.0. The molecule has 0 amide bonds. The summed E-state index contributed by atoms with van der Waals surface area (Å²) in [5.41, 5.74) is 2.83. The molecule has 0 spiro atoms. The summed E-state index contributed by atoms with van der Waals surface area (Å²) >= 11 is 6.59. The predicted octanol–water partition coefficient (Wildman–Crippen LogP) is 5.21. The lowest BCUT2D eigenvalue weighted by Crippen LogP contribution is -2.48. The summed E-state index contributed by atoms with van der Waals surface area (Å²) < 4.78 is 6.14. The van der Waals surface area contributed by atoms with Gasteiger partial charge in [-0.25, -0.2) is 0 Å². The first kappa shape index (κ1) is 22.1. The monoisotopic (exact) mass is 475 g/mol. The highest BCUT2D eigenvalue weighted by molar-refractivity contribution is 6.31. The minimum Gasteiger partial charge on any atom is -0.419 e. The lowest BCUT2D eigenvalue weighted by Gasteiger charge is -2.39. The molecule has 34 heavy (non-hydrogen) atoms. The first-order valence-electron chi connectivity index (χ1n) is 11.0. The van der Waals surface area contributed by atoms with Crippen molar-refractivity contribution in [3.8, 4) is 11.5 Å². The summed E-state index contributed by atoms with van der Waals surface area (Å²) in [5, 5.41) is 20.3. The van der Waals surface area contributed by atoms with E-state index in [1.165, 1.54) is 12.1 Å². The molecular weight excluding hydrogens is 454 g/mol. The Morgan fingerprint density at radius 1 is 0.882 bits per heavy atom. The fraction of sp³-hybridized carbons (Fsp3) is 0.200. The van der Waals surface area contributed by atoms with Crippen LogP contribution in [0.15, 0.2) is 83.3 Å². The van der Waals surface area contributed by atoms with Gasteiger partial charge in [0.05, 0.1) is 4.92 Å². The molecule has 1 fully saturated rings. The van der Waals surface area contributed by atoms with Crippen LogP contribution in [0.1, 0.15) is 17.5 Å². The molecule has 1 aliphatic heterocycles. The van der Waals surface area contributed by atoms with Gasteiger partial charge in [-0.3, -0.25) is 15.0 Å². The number of nitro groups is 1. The summed E-state index contributed by atoms with van der Waals surface area (Å²) in [6, 6.07) is 23.8. The molecule has 1 saturated heterocycles. The molecule has 5 rings (SSSR count). The second-order valence-electron chi connectivity index (χ2n) is 8.03. The highest BCUT2D eigenvalue weighted by Gasteiger charge is 2.32. The summed E-state index contributed by atoms with van der Waals surface area (Å²) in [5.74, 6) is 0.966. The zero-order valence-electron chi connectivity index (χ0n) is 18.3. The van der Waals surface area contributed by atoms with Crippen molar-refractivity contribution in [2.45, 2.75) is 6.04 Å². The number of hydrogen-bond acceptors (Lipinski definition) is 7. The fourth-order valence-electron chi connectivity index (χ4n) is 4.25. The van der Waals surface area contributed by atoms with Crippen LogP contribution in [0.5, 0.6) is 0 Å². The third-order valence-corrected chi connectivity index (χ3v) is 6.34. The van der Waals surface area contributed by atoms with E-state index in [1.807, 2.05) is 54.6 Å². The Morgan fingerprint density at radius 2 is 1.56 bits per heavy atom. The number of benzene rings is 3. The van der Waals surface area contributed by atoms with E-state index in [0.29, 0.717) is 16.8 Å². The summed E-state index contributed by atoms with van der Waals surface area (Å²) in [6.07, 6.45) is 0. The van der Waals surface area contributed by atoms with Gasteiger partial charge in [-0.05, 0) is 35.9 Å². The minimum absolute atomic E-state index is 0.0896. The Kier molecular flexibility index (Phi) is 6.24. The van der Waals surface area contributed by atoms with E-state index in [-0.39, 0.29) is 16.7 Å². The second kappa shape index (κ2) is 9.62. The van der Waals surface area contributed by atoms with Gasteiger partial charge in [0.25, 0.3) is 5.69 Å². The van der Waals surface area contributed by atoms with E-state index in [1.54, 1.807) is 12.1 Å². The van der Waals surface area contributed by atoms with Gasteiger partial charge in [0.2, 0.25) is 11.8 Å². The minimum atomic E-state index is -0.385. The van der Waals surface area contributed by atoms with E-state index in [2.05, 4.69) is 20.0 Å². The van der Waals surface area contributed by atoms with Crippen LogP contribution in [0, 0.1) is 10.1 Å². The maximum absolute atomic E-state index is 11.0. The van der Waals surface area contributed by atoms with Crippen molar-refractivity contribution in [2.75, 3.05) is 31.1 Å². The molecule has 0 aliphatic carbocycles. The number of rotatable bonds is 6. The molecule has 1 unspecified atom stereocenters. The van der Waals surface area contributed by atoms with Crippen LogP contribution in [-0.4, -0.2) is 46.2 Å². The molecule has 2 heterocycles. The number of halogens is 1. The molecule has 0 N–H and O–H groups in total. The number of aromatic nitrogens is 2. The fourth-order valence-corrected chi connectivity index (χ4v) is 4.49. The van der Waals surface area contributed by atoms with Gasteiger partial charge in [0.15, 0.2) is 0 Å². The van der Waals surface area contributed by atoms with Gasteiger partial charge in [-0.2, -0.15) is 0 Å². The van der Waals surface area contributed by atoms with Crippen molar-refractivity contribution < 1.29 is 9.34 Å². The van der Waals surface area contributed by atoms with Gasteiger partial charge in [-0.15, -0.1) is 10.2 Å². The zero-order chi connectivity index (χ0) is 23.5. The molecule has 8 nitrogen and oxygen atoms in total. The number of anilines is 1. The van der Waals surface area contributed by atoms with Crippen molar-refractivity contribution in [2.24, 2.45) is 0 Å². The summed E-state index contributed by atoms with van der Waals surface area (Å²) in [6.45, 7) is 2.96. The van der Waals surface area contributed by atoms with Crippen LogP contribution in [-0.2, 0) is 0 Å². The standard InChI is InChI=1S/C25H22ClN5O3/c26-22-9-5-4-8-21(22)23(25-28-27-24(34-25)18-6-2-1-3-7-18)30-16-14-29(15-17-30)19-10-12-20(13-11-19)31(32)33/h1-13,23H,14-17H2. The van der Waals surface area contributed by atoms with Crippen LogP contribution in [0.25, 0.3) is 11.5 Å². The largest absolute Gasteiger partial charge is 0.419 e. The number of nitro benzene ring substituents is 1. The highest BCUT2D eigenvalue weighted by atomic mass is 35.5. The maximum atomic E-state index is 11.0. The van der Waals surface area contributed by atoms with E-state index in [4.69, 9.17) is 16.0 Å². The van der Waals surface area contributed by atoms with Crippen LogP contribution in [0.2, 0.25) is 5.02 Å². The van der Waals surface area contributed by atoms with Crippen molar-refractivity contribution in [3.05, 3.63) is 105 Å². The SMILES string of the molecule is O=[N+]([O-])c1ccc(N2CCN(C(c3nnc(-c4ccccc4)o3)c3ccccc3Cl)CC2)cc1. The molecule has 1 aliphatic rings. The topological polar surface area (TPSA) is 88.5 Å². The zero-order valence-corrected chi connectivity index (χ0v) is 19.0. The van der Waals surface area contributed by atoms with E-state index in [0.717, 1.165) is 43.0 Å². The number of hydrogen-bond donors (Lipinski definition) is 0. The molecule has 4 aromatic rings. The van der Waals surface area contributed by atoms with Gasteiger partial charge in [0.1, 0.15) is 6.04 Å². The summed E-state index contributed by atoms with van der Waals surface area (Å²) in [7, 11) is 0. The first-order chi connectivity index (χ1) is 16.6. The van der Waals surface area contributed by atoms with Gasteiger partial charge >= 0.3 is 0 Å². The molecule has 0 bridgehead atoms. The van der Waals surface area contributed by atoms with Crippen molar-refractivity contribution in [3.63, 3.8) is 0 Å². The Labute approximate surface area is 201 Å². The van der Waals surface area contributed by atoms with Gasteiger partial charge in [-0.1, -0.05) is 48.0 Å². The van der Waals surface area contributed by atoms with E-state index in [9.17, 15) is 10.1 Å². The third kappa shape index (κ3) is 4.50. The quantitative estimate of drug-likeness (QED) is 0.279. The molecule has 0 saturated carbocycles. The average Bonchev–Trinajstić information content (AvgIpc) is 3.36. The molecule has 0 radical (unpaired) electrons. The molecular formula is C25H22ClN5O3. The second-order valence-corrected chi connectivity index (χ2v) is 8.44. The highest BCUT2D eigenvalue weighted by Crippen LogP contribution is 2.35. The number of non-ortho nitro benzene ring substituents is 1. The molecule has 1 aromatic heterocycles. The maximum Gasteiger partial charge on any atom is 0.269 e. The van der Waals surface area contributed by atoms with Crippen molar-refractivity contribution >= 4 is 23.0 Å². The Morgan fingerprint density at radius 3 is 2.24 bits per heavy atom. The van der Waals surface area contributed by atoms with Crippen LogP contribution in [0.3, 0.4) is 0 Å². The van der Waals surface area contributed by atoms with Crippen LogP contribution in [0.4, 0.5) is 11.4 Å². The Hall–Kier alpha value is -3.75. The van der Waals surface area contributed by atoms with Crippen LogP contribution < -0.4 is 4.90 Å². The molecule has 172 valence electrons. The predicted molar refractivity (Wildman–Crippen MR) is 130 cm³/mol. The summed E-state index contributed by atoms with van der Waals surface area (Å²) in [4.78, 5) is 15.1. The molecule has 1 atom stereocenters. The number of nitrogens with zero attached hydrogens (tertiary/aromatic N) is 5. The van der Waals surface area contributed by atoms with E-state index < -0.39 is 0 Å².